The Hall–Kier alpha value is -2.81. The number of aromatic nitrogens is 2. The Morgan fingerprint density at radius 1 is 0.971 bits per heavy atom. The lowest BCUT2D eigenvalue weighted by Crippen LogP contribution is -2.39. The second-order valence-electron chi connectivity index (χ2n) is 9.24. The summed E-state index contributed by atoms with van der Waals surface area (Å²) in [4.78, 5) is 11.2. The van der Waals surface area contributed by atoms with E-state index in [0.29, 0.717) is 11.9 Å². The Balaban J connectivity index is 1.14. The number of hydrogen-bond acceptors (Lipinski definition) is 6. The lowest BCUT2D eigenvalue weighted by molar-refractivity contribution is -0.137. The number of allylic oxidation sites excluding steroid dienone is 1. The van der Waals surface area contributed by atoms with E-state index in [9.17, 15) is 13.2 Å². The fourth-order valence-corrected chi connectivity index (χ4v) is 4.61. The zero-order valence-electron chi connectivity index (χ0n) is 19.1. The molecule has 34 heavy (non-hydrogen) atoms. The Labute approximate surface area is 197 Å². The van der Waals surface area contributed by atoms with Crippen LogP contribution in [0, 0.1) is 0 Å². The number of nitrogens with one attached hydrogen (secondary N) is 2. The van der Waals surface area contributed by atoms with Crippen molar-refractivity contribution < 1.29 is 17.9 Å². The van der Waals surface area contributed by atoms with Gasteiger partial charge in [0.15, 0.2) is 0 Å². The van der Waals surface area contributed by atoms with Crippen molar-refractivity contribution >= 4 is 11.4 Å². The van der Waals surface area contributed by atoms with Crippen molar-refractivity contribution in [3.63, 3.8) is 0 Å². The Bertz CT molecular complexity index is 987. The Morgan fingerprint density at radius 3 is 2.26 bits per heavy atom. The van der Waals surface area contributed by atoms with Crippen LogP contribution >= 0.6 is 0 Å². The number of anilines is 1. The minimum atomic E-state index is -4.31. The molecule has 5 rings (SSSR count). The largest absolute Gasteiger partial charge is 0.473 e. The van der Waals surface area contributed by atoms with E-state index in [1.165, 1.54) is 17.7 Å². The first-order valence-electron chi connectivity index (χ1n) is 12.1. The summed E-state index contributed by atoms with van der Waals surface area (Å²) in [5.41, 5.74) is 3.60. The zero-order valence-corrected chi connectivity index (χ0v) is 19.1. The second kappa shape index (κ2) is 9.82. The maximum absolute atomic E-state index is 12.8. The van der Waals surface area contributed by atoms with Gasteiger partial charge < -0.3 is 20.3 Å². The van der Waals surface area contributed by atoms with Crippen LogP contribution in [0.4, 0.5) is 18.9 Å². The molecule has 1 aromatic heterocycles. The summed E-state index contributed by atoms with van der Waals surface area (Å²) in [6, 6.07) is 5.83. The first-order valence-corrected chi connectivity index (χ1v) is 12.1. The number of hydrogen-bond donors (Lipinski definition) is 2. The van der Waals surface area contributed by atoms with Crippen LogP contribution in [0.5, 0.6) is 5.88 Å². The van der Waals surface area contributed by atoms with Gasteiger partial charge in [-0.3, -0.25) is 0 Å². The average molecular weight is 474 g/mol. The molecular formula is C25H30F3N5O. The fourth-order valence-electron chi connectivity index (χ4n) is 4.61. The monoisotopic (exact) mass is 473 g/mol. The minimum Gasteiger partial charge on any atom is -0.473 e. The fraction of sp³-hybridized carbons (Fsp3) is 0.520. The van der Waals surface area contributed by atoms with Gasteiger partial charge >= 0.3 is 6.18 Å². The molecule has 0 spiro atoms. The molecule has 2 N–H and O–H groups in total. The third-order valence-electron chi connectivity index (χ3n) is 6.71. The molecule has 0 atom stereocenters. The van der Waals surface area contributed by atoms with Crippen molar-refractivity contribution in [2.24, 2.45) is 0 Å². The van der Waals surface area contributed by atoms with Crippen LogP contribution < -0.4 is 20.3 Å². The number of rotatable bonds is 6. The summed E-state index contributed by atoms with van der Waals surface area (Å²) < 4.78 is 44.4. The number of ether oxygens (including phenoxy) is 1. The predicted octanol–water partition coefficient (Wildman–Crippen LogP) is 4.39. The summed E-state index contributed by atoms with van der Waals surface area (Å²) in [5.74, 6) is 0.513. The number of benzene rings is 1. The van der Waals surface area contributed by atoms with Gasteiger partial charge in [-0.15, -0.1) is 0 Å². The second-order valence-corrected chi connectivity index (χ2v) is 9.24. The van der Waals surface area contributed by atoms with E-state index in [2.05, 4.69) is 25.5 Å². The van der Waals surface area contributed by atoms with Crippen molar-refractivity contribution in [1.82, 2.24) is 20.6 Å². The van der Waals surface area contributed by atoms with Gasteiger partial charge in [0.05, 0.1) is 23.7 Å². The molecule has 9 heteroatoms. The number of alkyl halides is 3. The first kappa shape index (κ1) is 23.0. The topological polar surface area (TPSA) is 62.3 Å². The van der Waals surface area contributed by atoms with Gasteiger partial charge in [0.25, 0.3) is 0 Å². The molecule has 6 nitrogen and oxygen atoms in total. The molecule has 0 amide bonds. The smallest absolute Gasteiger partial charge is 0.416 e. The SMILES string of the molecule is FC(F)(F)c1ccc(N2CCC(Oc3cnc(C(NC4CCNCC4)=C4CC4)cn3)CC2)cc1. The Morgan fingerprint density at radius 2 is 1.68 bits per heavy atom. The molecule has 0 unspecified atom stereocenters. The van der Waals surface area contributed by atoms with Gasteiger partial charge in [-0.2, -0.15) is 13.2 Å². The average Bonchev–Trinajstić information content (AvgIpc) is 3.69. The van der Waals surface area contributed by atoms with E-state index in [4.69, 9.17) is 4.74 Å². The minimum absolute atomic E-state index is 0.0139. The summed E-state index contributed by atoms with van der Waals surface area (Å²) in [7, 11) is 0. The molecule has 2 aromatic rings. The van der Waals surface area contributed by atoms with Crippen molar-refractivity contribution in [3.05, 3.63) is 53.5 Å². The highest BCUT2D eigenvalue weighted by Crippen LogP contribution is 2.35. The van der Waals surface area contributed by atoms with Gasteiger partial charge in [0, 0.05) is 37.7 Å². The van der Waals surface area contributed by atoms with E-state index in [0.717, 1.165) is 93.9 Å². The van der Waals surface area contributed by atoms with Crippen molar-refractivity contribution in [1.29, 1.82) is 0 Å². The molecule has 0 bridgehead atoms. The summed E-state index contributed by atoms with van der Waals surface area (Å²) >= 11 is 0. The third-order valence-corrected chi connectivity index (χ3v) is 6.71. The molecule has 2 aliphatic heterocycles. The molecule has 3 fully saturated rings. The molecule has 2 saturated heterocycles. The zero-order chi connectivity index (χ0) is 23.5. The highest BCUT2D eigenvalue weighted by Gasteiger charge is 2.30. The van der Waals surface area contributed by atoms with Crippen LogP contribution in [0.1, 0.15) is 49.8 Å². The molecule has 182 valence electrons. The van der Waals surface area contributed by atoms with Crippen molar-refractivity contribution in [2.45, 2.75) is 56.8 Å². The van der Waals surface area contributed by atoms with Crippen LogP contribution in [0.3, 0.4) is 0 Å². The van der Waals surface area contributed by atoms with Crippen LogP contribution in [0.25, 0.3) is 5.70 Å². The predicted molar refractivity (Wildman–Crippen MR) is 125 cm³/mol. The molecule has 0 radical (unpaired) electrons. The molecule has 3 aliphatic rings. The van der Waals surface area contributed by atoms with Crippen LogP contribution in [-0.4, -0.2) is 48.3 Å². The maximum atomic E-state index is 12.8. The van der Waals surface area contributed by atoms with Crippen LogP contribution in [0.15, 0.2) is 42.2 Å². The van der Waals surface area contributed by atoms with E-state index < -0.39 is 11.7 Å². The molecule has 3 heterocycles. The molecule has 1 saturated carbocycles. The highest BCUT2D eigenvalue weighted by atomic mass is 19.4. The standard InChI is InChI=1S/C25H30F3N5O/c26-25(27,28)18-3-5-20(6-4-18)33-13-9-21(10-14-33)34-23-16-30-22(15-31-23)24(17-1-2-17)32-19-7-11-29-12-8-19/h3-6,15-16,19,21,29,32H,1-2,7-14H2. The van der Waals surface area contributed by atoms with Crippen molar-refractivity contribution in [3.8, 4) is 5.88 Å². The summed E-state index contributed by atoms with van der Waals surface area (Å²) in [6.07, 6.45) is 5.19. The van der Waals surface area contributed by atoms with Gasteiger partial charge in [-0.05, 0) is 68.6 Å². The lowest BCUT2D eigenvalue weighted by Gasteiger charge is -2.33. The third kappa shape index (κ3) is 5.63. The highest BCUT2D eigenvalue weighted by molar-refractivity contribution is 5.67. The molecule has 1 aliphatic carbocycles. The molecule has 1 aromatic carbocycles. The van der Waals surface area contributed by atoms with Crippen LogP contribution in [-0.2, 0) is 6.18 Å². The van der Waals surface area contributed by atoms with Crippen molar-refractivity contribution in [2.75, 3.05) is 31.1 Å². The van der Waals surface area contributed by atoms with Crippen LogP contribution in [0.2, 0.25) is 0 Å². The van der Waals surface area contributed by atoms with E-state index in [1.54, 1.807) is 12.4 Å². The summed E-state index contributed by atoms with van der Waals surface area (Å²) in [5, 5.41) is 7.09. The van der Waals surface area contributed by atoms with Gasteiger partial charge in [0.1, 0.15) is 11.8 Å². The first-order chi connectivity index (χ1) is 16.5. The maximum Gasteiger partial charge on any atom is 0.416 e. The summed E-state index contributed by atoms with van der Waals surface area (Å²) in [6.45, 7) is 3.52. The number of piperidine rings is 2. The quantitative estimate of drug-likeness (QED) is 0.649. The number of nitrogens with zero attached hydrogens (tertiary/aromatic N) is 3. The lowest BCUT2D eigenvalue weighted by atomic mass is 10.1. The number of halogens is 3. The van der Waals surface area contributed by atoms with E-state index >= 15 is 0 Å². The van der Waals surface area contributed by atoms with Gasteiger partial charge in [-0.1, -0.05) is 0 Å². The van der Waals surface area contributed by atoms with E-state index in [-0.39, 0.29) is 6.10 Å². The normalized spacial score (nSPS) is 19.7. The van der Waals surface area contributed by atoms with E-state index in [1.807, 2.05) is 0 Å². The van der Waals surface area contributed by atoms with Gasteiger partial charge in [-0.25, -0.2) is 9.97 Å². The Kier molecular flexibility index (Phi) is 6.63. The van der Waals surface area contributed by atoms with Gasteiger partial charge in [0.2, 0.25) is 5.88 Å². The molecular weight excluding hydrogens is 443 g/mol.